The Balaban J connectivity index is 0.977. The Kier molecular flexibility index (Phi) is 19.9. The van der Waals surface area contributed by atoms with E-state index in [-0.39, 0.29) is 107 Å². The van der Waals surface area contributed by atoms with Crippen molar-refractivity contribution in [3.63, 3.8) is 0 Å². The molecule has 0 bridgehead atoms. The summed E-state index contributed by atoms with van der Waals surface area (Å²) in [6, 6.07) is 14.2. The highest BCUT2D eigenvalue weighted by Crippen LogP contribution is 2.24. The van der Waals surface area contributed by atoms with E-state index in [0.29, 0.717) is 34.8 Å². The van der Waals surface area contributed by atoms with Crippen molar-refractivity contribution in [1.82, 2.24) is 59.4 Å². The van der Waals surface area contributed by atoms with Crippen molar-refractivity contribution < 1.29 is 66.0 Å². The van der Waals surface area contributed by atoms with Gasteiger partial charge in [-0.1, -0.05) is 30.3 Å². The molecule has 1 fully saturated rings. The first-order valence-corrected chi connectivity index (χ1v) is 26.4. The van der Waals surface area contributed by atoms with E-state index in [9.17, 15) is 66.0 Å². The van der Waals surface area contributed by atoms with Crippen molar-refractivity contribution in [3.05, 3.63) is 90.4 Å². The number of anilines is 1. The first kappa shape index (κ1) is 56.9. The molecule has 0 aliphatic carbocycles. The number of carboxylic acid groups (broad SMARTS) is 4. The topological polar surface area (TPSA) is 371 Å². The lowest BCUT2D eigenvalue weighted by Crippen LogP contribution is -2.50. The first-order chi connectivity index (χ1) is 35.6. The summed E-state index contributed by atoms with van der Waals surface area (Å²) in [6.45, 7) is 0.125. The molecule has 10 N–H and O–H groups in total. The van der Waals surface area contributed by atoms with Gasteiger partial charge in [-0.05, 0) is 47.5 Å². The molecule has 1 saturated heterocycles. The zero-order chi connectivity index (χ0) is 54.3. The van der Waals surface area contributed by atoms with Crippen LogP contribution in [-0.4, -0.2) is 217 Å². The molecule has 404 valence electrons. The molecule has 1 atom stereocenters. The number of imidazole rings is 1. The number of fused-ring (bicyclic) bond motifs is 1. The lowest BCUT2D eigenvalue weighted by Gasteiger charge is -2.32. The molecule has 0 radical (unpaired) electrons. The second-order valence-electron chi connectivity index (χ2n) is 17.4. The van der Waals surface area contributed by atoms with Gasteiger partial charge in [0.15, 0.2) is 5.95 Å². The monoisotopic (exact) mass is 1080 g/mol. The molecule has 6 rings (SSSR count). The molecule has 3 heterocycles. The number of sulfonamides is 2. The number of carboxylic acids is 4. The maximum Gasteiger partial charge on any atom is 0.323 e. The van der Waals surface area contributed by atoms with Gasteiger partial charge in [0, 0.05) is 102 Å². The third-order valence-electron chi connectivity index (χ3n) is 11.9. The molecule has 27 nitrogen and oxygen atoms in total. The SMILES string of the molecule is Cn1nc(CNc2ncc[nH]2)c2ccc(C(=O)NC[C@H](NS(=O)(=O)c3ccc(-c4ccc(S(=O)(=O)NCCNC(=O)CN5CCN(CC(=O)O)CCN(CC(=O)O)CCN(CC(=O)O)CC5)cc4)cc3)C(=O)O)cc21. The van der Waals surface area contributed by atoms with Crippen molar-refractivity contribution in [2.45, 2.75) is 22.4 Å². The van der Waals surface area contributed by atoms with Gasteiger partial charge in [-0.25, -0.2) is 26.5 Å². The van der Waals surface area contributed by atoms with Crippen LogP contribution >= 0.6 is 0 Å². The summed E-state index contributed by atoms with van der Waals surface area (Å²) in [5, 5.41) is 51.7. The number of aromatic amines is 1. The van der Waals surface area contributed by atoms with Gasteiger partial charge in [0.1, 0.15) is 6.04 Å². The molecule has 3 aromatic carbocycles. The number of carbonyl (C=O) groups excluding carboxylic acids is 2. The van der Waals surface area contributed by atoms with Crippen LogP contribution in [0.5, 0.6) is 0 Å². The van der Waals surface area contributed by atoms with Gasteiger partial charge in [-0.3, -0.25) is 53.0 Å². The van der Waals surface area contributed by atoms with Crippen LogP contribution in [0, 0.1) is 0 Å². The normalized spacial score (nSPS) is 15.3. The summed E-state index contributed by atoms with van der Waals surface area (Å²) in [5.41, 5.74) is 2.55. The van der Waals surface area contributed by atoms with E-state index in [1.165, 1.54) is 48.5 Å². The van der Waals surface area contributed by atoms with Crippen LogP contribution in [0.15, 0.2) is 88.9 Å². The van der Waals surface area contributed by atoms with Crippen LogP contribution in [0.4, 0.5) is 5.95 Å². The molecule has 1 aliphatic heterocycles. The van der Waals surface area contributed by atoms with Crippen molar-refractivity contribution in [3.8, 4) is 11.1 Å². The van der Waals surface area contributed by atoms with Gasteiger partial charge in [0.2, 0.25) is 26.0 Å². The zero-order valence-electron chi connectivity index (χ0n) is 40.7. The zero-order valence-corrected chi connectivity index (χ0v) is 42.3. The average molecular weight is 1080 g/mol. The molecule has 1 aliphatic rings. The van der Waals surface area contributed by atoms with Gasteiger partial charge < -0.3 is 41.4 Å². The molecule has 0 spiro atoms. The fourth-order valence-corrected chi connectivity index (χ4v) is 10.3. The van der Waals surface area contributed by atoms with E-state index in [2.05, 4.69) is 40.5 Å². The molecule has 75 heavy (non-hydrogen) atoms. The van der Waals surface area contributed by atoms with Crippen molar-refractivity contribution in [1.29, 1.82) is 0 Å². The second-order valence-corrected chi connectivity index (χ2v) is 20.9. The largest absolute Gasteiger partial charge is 0.480 e. The third-order valence-corrected chi connectivity index (χ3v) is 14.9. The lowest BCUT2D eigenvalue weighted by atomic mass is 10.1. The minimum atomic E-state index is -4.42. The Morgan fingerprint density at radius 1 is 0.653 bits per heavy atom. The van der Waals surface area contributed by atoms with Gasteiger partial charge >= 0.3 is 23.9 Å². The Labute approximate surface area is 431 Å². The molecule has 0 saturated carbocycles. The predicted octanol–water partition coefficient (Wildman–Crippen LogP) is -1.39. The summed E-state index contributed by atoms with van der Waals surface area (Å²) >= 11 is 0. The number of rotatable bonds is 24. The van der Waals surface area contributed by atoms with Gasteiger partial charge in [-0.2, -0.15) is 9.82 Å². The summed E-state index contributed by atoms with van der Waals surface area (Å²) in [7, 11) is -6.77. The Bertz CT molecular complexity index is 3000. The number of hydrogen-bond donors (Lipinski definition) is 10. The van der Waals surface area contributed by atoms with Crippen molar-refractivity contribution in [2.24, 2.45) is 7.05 Å². The van der Waals surface area contributed by atoms with Crippen LogP contribution in [-0.2, 0) is 57.6 Å². The Morgan fingerprint density at radius 3 is 1.64 bits per heavy atom. The third kappa shape index (κ3) is 17.1. The quantitative estimate of drug-likeness (QED) is 0.0318. The fraction of sp³-hybridized carbons (Fsp3) is 0.391. The maximum atomic E-state index is 13.3. The molecule has 2 aromatic heterocycles. The molecule has 0 unspecified atom stereocenters. The first-order valence-electron chi connectivity index (χ1n) is 23.4. The summed E-state index contributed by atoms with van der Waals surface area (Å²) in [4.78, 5) is 86.3. The number of nitrogens with one attached hydrogen (secondary N) is 6. The van der Waals surface area contributed by atoms with E-state index in [4.69, 9.17) is 0 Å². The number of hydrogen-bond acceptors (Lipinski definition) is 17. The molecular formula is C46H59N13O14S2. The average Bonchev–Trinajstić information content (AvgIpc) is 4.00. The van der Waals surface area contributed by atoms with E-state index in [1.807, 2.05) is 0 Å². The van der Waals surface area contributed by atoms with Crippen LogP contribution in [0.25, 0.3) is 22.0 Å². The summed E-state index contributed by atoms with van der Waals surface area (Å²) < 4.78 is 59.1. The predicted molar refractivity (Wildman–Crippen MR) is 269 cm³/mol. The van der Waals surface area contributed by atoms with E-state index < -0.39 is 68.3 Å². The maximum absolute atomic E-state index is 13.3. The number of nitrogens with zero attached hydrogens (tertiary/aromatic N) is 7. The Morgan fingerprint density at radius 2 is 1.16 bits per heavy atom. The second kappa shape index (κ2) is 26.2. The summed E-state index contributed by atoms with van der Waals surface area (Å²) in [6.07, 6.45) is 3.27. The standard InChI is InChI=1S/C46H59N13O14S2/c1-55-39-24-33(6-11-36(39)37(53-55)25-51-46-48-12-13-49-46)44(67)50-26-38(45(68)69)54-75(72,73)35-9-4-32(5-10-35)31-2-7-34(8-3-31)74(70,71)52-15-14-47-40(60)27-56-16-18-57(28-41(61)62)20-22-59(30-43(65)66)23-21-58(19-17-56)29-42(63)64/h2-13,24,38,52,54H,14-23,25-30H2,1H3,(H,47,60)(H,50,67)(H,61,62)(H,63,64)(H,65,66)(H,68,69)(H2,48,49,51)/t38-/m0/s1. The van der Waals surface area contributed by atoms with E-state index in [0.717, 1.165) is 5.39 Å². The highest BCUT2D eigenvalue weighted by molar-refractivity contribution is 7.89. The molecular weight excluding hydrogens is 1020 g/mol. The van der Waals surface area contributed by atoms with Crippen LogP contribution < -0.4 is 25.4 Å². The van der Waals surface area contributed by atoms with Gasteiger partial charge in [-0.15, -0.1) is 0 Å². The minimum Gasteiger partial charge on any atom is -0.480 e. The van der Waals surface area contributed by atoms with Crippen molar-refractivity contribution >= 4 is 72.6 Å². The van der Waals surface area contributed by atoms with E-state index >= 15 is 0 Å². The highest BCUT2D eigenvalue weighted by Gasteiger charge is 2.27. The van der Waals surface area contributed by atoms with Gasteiger partial charge in [0.05, 0.1) is 53.7 Å². The van der Waals surface area contributed by atoms with Gasteiger partial charge in [0.25, 0.3) is 5.91 Å². The lowest BCUT2D eigenvalue weighted by molar-refractivity contribution is -0.140. The number of aryl methyl sites for hydroxylation is 1. The summed E-state index contributed by atoms with van der Waals surface area (Å²) in [5.74, 6) is -5.32. The molecule has 5 aromatic rings. The van der Waals surface area contributed by atoms with Crippen LogP contribution in [0.3, 0.4) is 0 Å². The van der Waals surface area contributed by atoms with Crippen LogP contribution in [0.2, 0.25) is 0 Å². The molecule has 2 amide bonds. The fourth-order valence-electron chi connectivity index (χ4n) is 8.03. The number of benzene rings is 3. The van der Waals surface area contributed by atoms with Crippen molar-refractivity contribution in [2.75, 3.05) is 103 Å². The number of H-pyrrole nitrogens is 1. The number of aliphatic carboxylic acids is 4. The highest BCUT2D eigenvalue weighted by atomic mass is 32.2. The smallest absolute Gasteiger partial charge is 0.323 e. The van der Waals surface area contributed by atoms with E-state index in [1.54, 1.807) is 61.9 Å². The number of aromatic nitrogens is 4. The molecule has 29 heteroatoms. The number of carbonyl (C=O) groups is 6. The number of amides is 2. The minimum absolute atomic E-state index is 0.0942. The Hall–Kier alpha value is -7.38. The van der Waals surface area contributed by atoms with Crippen LogP contribution in [0.1, 0.15) is 16.1 Å².